The molecule has 5 heteroatoms. The molecule has 0 aliphatic carbocycles. The molecule has 8 aromatic carbocycles. The summed E-state index contributed by atoms with van der Waals surface area (Å²) >= 11 is 1.86. The lowest BCUT2D eigenvalue weighted by atomic mass is 10.0. The van der Waals surface area contributed by atoms with Crippen LogP contribution in [0.5, 0.6) is 0 Å². The molecule has 4 heterocycles. The van der Waals surface area contributed by atoms with E-state index < -0.39 is 0 Å². The number of fused-ring (bicyclic) bond motifs is 10. The lowest BCUT2D eigenvalue weighted by Crippen LogP contribution is -2.34. The number of para-hydroxylation sites is 2. The third-order valence-electron chi connectivity index (χ3n) is 12.3. The van der Waals surface area contributed by atoms with E-state index in [0.717, 1.165) is 53.2 Å². The van der Waals surface area contributed by atoms with E-state index in [0.29, 0.717) is 0 Å². The van der Waals surface area contributed by atoms with Gasteiger partial charge in [-0.25, -0.2) is 4.99 Å². The van der Waals surface area contributed by atoms with Crippen LogP contribution in [0, 0.1) is 0 Å². The molecule has 3 aromatic heterocycles. The second-order valence-corrected chi connectivity index (χ2v) is 16.9. The lowest BCUT2D eigenvalue weighted by Gasteiger charge is -2.23. The van der Waals surface area contributed by atoms with Crippen LogP contribution in [0.3, 0.4) is 0 Å². The van der Waals surface area contributed by atoms with Crippen LogP contribution in [-0.4, -0.2) is 15.1 Å². The van der Waals surface area contributed by atoms with Gasteiger partial charge in [0.05, 0.1) is 33.8 Å². The number of aliphatic imine (C=N–C) groups is 1. The van der Waals surface area contributed by atoms with Gasteiger partial charge in [0.15, 0.2) is 0 Å². The molecule has 1 aliphatic rings. The average molecular weight is 789 g/mol. The first kappa shape index (κ1) is 34.8. The van der Waals surface area contributed by atoms with Crippen LogP contribution < -0.4 is 5.32 Å². The zero-order valence-corrected chi connectivity index (χ0v) is 33.7. The van der Waals surface area contributed by atoms with Crippen LogP contribution in [0.15, 0.2) is 199 Å². The fraction of sp³-hybridized carbons (Fsp3) is 0.0727. The summed E-state index contributed by atoms with van der Waals surface area (Å²) in [6.45, 7) is 0. The third kappa shape index (κ3) is 5.61. The molecule has 0 fully saturated rings. The summed E-state index contributed by atoms with van der Waals surface area (Å²) in [6, 6.07) is 68.5. The Bertz CT molecular complexity index is 3490. The smallest absolute Gasteiger partial charge is 0.209 e. The standard InChI is InChI=1S/C55H40N4S/c1-3-17-36(18-4-1)38-21-15-22-39(35-38)58-49-30-12-7-23-40(49)43-33-34-44-41-24-8-13-31-50(41)59(53(44)52(43)58)55-56-47(37-19-5-2-6-20-37)28-10-11-29-48(57-55)46-27-16-26-45-42-25-9-14-32-51(42)60-54(45)46/h1-9,12-27,29-35,47H,10-11,28H2,(H,56,57)/b48-29-. The van der Waals surface area contributed by atoms with E-state index in [2.05, 4.69) is 209 Å². The highest BCUT2D eigenvalue weighted by molar-refractivity contribution is 7.26. The minimum absolute atomic E-state index is 0.0571. The van der Waals surface area contributed by atoms with Gasteiger partial charge in [0.25, 0.3) is 0 Å². The summed E-state index contributed by atoms with van der Waals surface area (Å²) in [5.74, 6) is 0.823. The first-order chi connectivity index (χ1) is 29.8. The third-order valence-corrected chi connectivity index (χ3v) is 13.6. The molecule has 1 aliphatic heterocycles. The lowest BCUT2D eigenvalue weighted by molar-refractivity contribution is 0.563. The predicted octanol–water partition coefficient (Wildman–Crippen LogP) is 14.7. The van der Waals surface area contributed by atoms with Crippen molar-refractivity contribution in [2.75, 3.05) is 0 Å². The molecule has 0 saturated heterocycles. The first-order valence-electron chi connectivity index (χ1n) is 20.9. The SMILES string of the molecule is C1=C(/c2cccc3c2sc2ccccc23)N=C(n2c3ccccc3c3ccc4c5ccccc5n(-c5cccc(-c6ccccc6)c5)c4c32)NC(c2ccccc2)CCC/1. The van der Waals surface area contributed by atoms with Crippen molar-refractivity contribution < 1.29 is 0 Å². The van der Waals surface area contributed by atoms with Crippen LogP contribution in [0.1, 0.15) is 36.4 Å². The quantitative estimate of drug-likeness (QED) is 0.189. The van der Waals surface area contributed by atoms with E-state index in [-0.39, 0.29) is 6.04 Å². The molecule has 1 N–H and O–H groups in total. The highest BCUT2D eigenvalue weighted by Crippen LogP contribution is 2.43. The zero-order valence-electron chi connectivity index (χ0n) is 32.9. The van der Waals surface area contributed by atoms with Gasteiger partial charge < -0.3 is 9.88 Å². The van der Waals surface area contributed by atoms with E-state index in [4.69, 9.17) is 4.99 Å². The summed E-state index contributed by atoms with van der Waals surface area (Å²) in [6.07, 6.45) is 5.31. The Balaban J connectivity index is 1.18. The molecule has 286 valence electrons. The van der Waals surface area contributed by atoms with Crippen molar-refractivity contribution in [2.24, 2.45) is 4.99 Å². The van der Waals surface area contributed by atoms with E-state index in [1.807, 2.05) is 11.3 Å². The van der Waals surface area contributed by atoms with Crippen molar-refractivity contribution >= 4 is 86.8 Å². The van der Waals surface area contributed by atoms with Gasteiger partial charge in [-0.15, -0.1) is 11.3 Å². The highest BCUT2D eigenvalue weighted by atomic mass is 32.1. The van der Waals surface area contributed by atoms with E-state index in [1.165, 1.54) is 69.5 Å². The van der Waals surface area contributed by atoms with E-state index >= 15 is 0 Å². The molecule has 11 aromatic rings. The molecule has 12 rings (SSSR count). The van der Waals surface area contributed by atoms with Crippen LogP contribution in [-0.2, 0) is 0 Å². The molecule has 0 saturated carbocycles. The van der Waals surface area contributed by atoms with Gasteiger partial charge in [0.1, 0.15) is 0 Å². The molecule has 1 atom stereocenters. The normalized spacial score (nSPS) is 15.8. The fourth-order valence-electron chi connectivity index (χ4n) is 9.59. The van der Waals surface area contributed by atoms with Crippen LogP contribution >= 0.6 is 11.3 Å². The van der Waals surface area contributed by atoms with Crippen LogP contribution in [0.2, 0.25) is 0 Å². The second-order valence-electron chi connectivity index (χ2n) is 15.8. The molecular formula is C55H40N4S. The number of hydrogen-bond acceptors (Lipinski definition) is 3. The summed E-state index contributed by atoms with van der Waals surface area (Å²) in [5.41, 5.74) is 11.5. The number of allylic oxidation sites excluding steroid dienone is 1. The number of rotatable bonds is 4. The Labute approximate surface area is 352 Å². The number of nitrogens with one attached hydrogen (secondary N) is 1. The van der Waals surface area contributed by atoms with Gasteiger partial charge in [-0.1, -0.05) is 164 Å². The summed E-state index contributed by atoms with van der Waals surface area (Å²) < 4.78 is 7.48. The van der Waals surface area contributed by atoms with Crippen molar-refractivity contribution in [3.63, 3.8) is 0 Å². The topological polar surface area (TPSA) is 34.2 Å². The molecule has 1 unspecified atom stereocenters. The maximum absolute atomic E-state index is 5.85. The molecule has 0 spiro atoms. The minimum Gasteiger partial charge on any atom is -0.349 e. The Morgan fingerprint density at radius 1 is 0.517 bits per heavy atom. The van der Waals surface area contributed by atoms with E-state index in [9.17, 15) is 0 Å². The molecule has 4 nitrogen and oxygen atoms in total. The number of nitrogens with zero attached hydrogens (tertiary/aromatic N) is 3. The van der Waals surface area contributed by atoms with Crippen molar-refractivity contribution in [2.45, 2.75) is 25.3 Å². The van der Waals surface area contributed by atoms with Crippen LogP contribution in [0.4, 0.5) is 0 Å². The zero-order chi connectivity index (χ0) is 39.6. The van der Waals surface area contributed by atoms with Crippen LogP contribution in [0.25, 0.3) is 86.3 Å². The summed E-state index contributed by atoms with van der Waals surface area (Å²) in [7, 11) is 0. The largest absolute Gasteiger partial charge is 0.349 e. The molecule has 0 radical (unpaired) electrons. The van der Waals surface area contributed by atoms with Crippen molar-refractivity contribution in [1.29, 1.82) is 0 Å². The first-order valence-corrected chi connectivity index (χ1v) is 21.7. The number of hydrogen-bond donors (Lipinski definition) is 1. The van der Waals surface area contributed by atoms with Gasteiger partial charge in [-0.3, -0.25) is 4.57 Å². The number of benzene rings is 8. The number of thiophene rings is 1. The summed E-state index contributed by atoms with van der Waals surface area (Å²) in [4.78, 5) is 5.85. The Kier molecular flexibility index (Phi) is 8.27. The monoisotopic (exact) mass is 788 g/mol. The Morgan fingerprint density at radius 3 is 1.92 bits per heavy atom. The van der Waals surface area contributed by atoms with Gasteiger partial charge in [0.2, 0.25) is 5.96 Å². The molecule has 60 heavy (non-hydrogen) atoms. The molecule has 0 bridgehead atoms. The van der Waals surface area contributed by atoms with E-state index in [1.54, 1.807) is 0 Å². The maximum atomic E-state index is 5.85. The van der Waals surface area contributed by atoms with Crippen molar-refractivity contribution in [3.05, 3.63) is 205 Å². The van der Waals surface area contributed by atoms with Gasteiger partial charge in [-0.2, -0.15) is 0 Å². The summed E-state index contributed by atoms with van der Waals surface area (Å²) in [5, 5.41) is 11.5. The van der Waals surface area contributed by atoms with Crippen molar-refractivity contribution in [3.8, 4) is 16.8 Å². The maximum Gasteiger partial charge on any atom is 0.209 e. The average Bonchev–Trinajstić information content (AvgIpc) is 3.99. The Hall–Kier alpha value is -7.21. The van der Waals surface area contributed by atoms with Crippen molar-refractivity contribution in [1.82, 2.24) is 14.5 Å². The second kappa shape index (κ2) is 14.3. The molecule has 0 amide bonds. The van der Waals surface area contributed by atoms with Gasteiger partial charge in [0, 0.05) is 53.0 Å². The van der Waals surface area contributed by atoms with Gasteiger partial charge in [-0.05, 0) is 66.3 Å². The predicted molar refractivity (Wildman–Crippen MR) is 256 cm³/mol. The fourth-order valence-corrected chi connectivity index (χ4v) is 10.8. The number of aromatic nitrogens is 2. The molecular weight excluding hydrogens is 749 g/mol. The Morgan fingerprint density at radius 2 is 1.13 bits per heavy atom. The minimum atomic E-state index is 0.0571. The van der Waals surface area contributed by atoms with Gasteiger partial charge >= 0.3 is 0 Å². The highest BCUT2D eigenvalue weighted by Gasteiger charge is 2.26.